The molecular weight excluding hydrogens is 272 g/mol. The molecular formula is C15H28N2O4. The van der Waals surface area contributed by atoms with Crippen LogP contribution < -0.4 is 5.73 Å². The molecule has 1 amide bonds. The Morgan fingerprint density at radius 1 is 1.38 bits per heavy atom. The van der Waals surface area contributed by atoms with E-state index in [2.05, 4.69) is 13.8 Å². The van der Waals surface area contributed by atoms with Gasteiger partial charge in [-0.25, -0.2) is 4.79 Å². The van der Waals surface area contributed by atoms with E-state index in [-0.39, 0.29) is 12.0 Å². The van der Waals surface area contributed by atoms with Gasteiger partial charge in [0.05, 0.1) is 6.10 Å². The first-order valence-corrected chi connectivity index (χ1v) is 7.65. The predicted molar refractivity (Wildman–Crippen MR) is 79.8 cm³/mol. The molecule has 3 atom stereocenters. The average molecular weight is 300 g/mol. The number of rotatable bonds is 8. The zero-order valence-electron chi connectivity index (χ0n) is 13.2. The highest BCUT2D eigenvalue weighted by atomic mass is 16.5. The van der Waals surface area contributed by atoms with Crippen LogP contribution in [0.25, 0.3) is 0 Å². The van der Waals surface area contributed by atoms with Crippen molar-refractivity contribution in [1.29, 1.82) is 0 Å². The quantitative estimate of drug-likeness (QED) is 0.700. The first kappa shape index (κ1) is 17.9. The summed E-state index contributed by atoms with van der Waals surface area (Å²) in [6.45, 7) is 5.24. The molecule has 1 saturated heterocycles. The van der Waals surface area contributed by atoms with Crippen molar-refractivity contribution in [2.24, 2.45) is 17.6 Å². The number of hydrogen-bond donors (Lipinski definition) is 2. The highest BCUT2D eigenvalue weighted by Crippen LogP contribution is 2.25. The van der Waals surface area contributed by atoms with Gasteiger partial charge in [0.2, 0.25) is 5.91 Å². The van der Waals surface area contributed by atoms with E-state index in [4.69, 9.17) is 10.5 Å². The van der Waals surface area contributed by atoms with Crippen molar-refractivity contribution in [3.05, 3.63) is 0 Å². The minimum absolute atomic E-state index is 0.0929. The van der Waals surface area contributed by atoms with Crippen molar-refractivity contribution in [2.45, 2.75) is 51.7 Å². The lowest BCUT2D eigenvalue weighted by Crippen LogP contribution is -2.40. The number of carboxylic acid groups (broad SMARTS) is 1. The second kappa shape index (κ2) is 8.34. The number of nitrogens with zero attached hydrogens (tertiary/aromatic N) is 1. The number of ether oxygens (including phenoxy) is 1. The number of aliphatic carboxylic acids is 1. The van der Waals surface area contributed by atoms with Gasteiger partial charge in [-0.15, -0.1) is 0 Å². The topological polar surface area (TPSA) is 92.9 Å². The van der Waals surface area contributed by atoms with Gasteiger partial charge >= 0.3 is 5.97 Å². The summed E-state index contributed by atoms with van der Waals surface area (Å²) in [7, 11) is 1.55. The Morgan fingerprint density at radius 2 is 2.05 bits per heavy atom. The maximum atomic E-state index is 12.3. The SMILES string of the molecule is COC1CC(C(=O)O)N(C(=O)CCC(CCN)C(C)C)C1. The fourth-order valence-corrected chi connectivity index (χ4v) is 2.96. The lowest BCUT2D eigenvalue weighted by atomic mass is 9.88. The Kier molecular flexibility index (Phi) is 7.11. The molecule has 1 heterocycles. The highest BCUT2D eigenvalue weighted by molar-refractivity contribution is 5.84. The molecule has 1 aliphatic heterocycles. The molecule has 0 spiro atoms. The Morgan fingerprint density at radius 3 is 2.52 bits per heavy atom. The van der Waals surface area contributed by atoms with Gasteiger partial charge < -0.3 is 20.5 Å². The standard InChI is InChI=1S/C15H28N2O4/c1-10(2)11(6-7-16)4-5-14(18)17-9-12(21-3)8-13(17)15(19)20/h10-13H,4-9,16H2,1-3H3,(H,19,20). The highest BCUT2D eigenvalue weighted by Gasteiger charge is 2.39. The van der Waals surface area contributed by atoms with Crippen molar-refractivity contribution in [2.75, 3.05) is 20.2 Å². The minimum Gasteiger partial charge on any atom is -0.480 e. The van der Waals surface area contributed by atoms with Crippen molar-refractivity contribution in [3.8, 4) is 0 Å². The lowest BCUT2D eigenvalue weighted by Gasteiger charge is -2.24. The Balaban J connectivity index is 2.58. The zero-order chi connectivity index (χ0) is 16.0. The largest absolute Gasteiger partial charge is 0.480 e. The fraction of sp³-hybridized carbons (Fsp3) is 0.867. The van der Waals surface area contributed by atoms with Crippen molar-refractivity contribution in [3.63, 3.8) is 0 Å². The van der Waals surface area contributed by atoms with Gasteiger partial charge in [0.25, 0.3) is 0 Å². The number of likely N-dealkylation sites (tertiary alicyclic amines) is 1. The summed E-state index contributed by atoms with van der Waals surface area (Å²) in [6.07, 6.45) is 2.22. The molecule has 6 nitrogen and oxygen atoms in total. The predicted octanol–water partition coefficient (Wildman–Crippen LogP) is 1.09. The molecule has 0 aromatic heterocycles. The van der Waals surface area contributed by atoms with Crippen LogP contribution in [0.1, 0.15) is 39.5 Å². The zero-order valence-corrected chi connectivity index (χ0v) is 13.2. The van der Waals surface area contributed by atoms with Gasteiger partial charge in [-0.1, -0.05) is 13.8 Å². The molecule has 0 aromatic rings. The first-order chi connectivity index (χ1) is 9.90. The van der Waals surface area contributed by atoms with E-state index in [9.17, 15) is 14.7 Å². The van der Waals surface area contributed by atoms with Gasteiger partial charge in [-0.2, -0.15) is 0 Å². The van der Waals surface area contributed by atoms with Crippen LogP contribution >= 0.6 is 0 Å². The van der Waals surface area contributed by atoms with Crippen LogP contribution in [0.3, 0.4) is 0 Å². The normalized spacial score (nSPS) is 23.6. The van der Waals surface area contributed by atoms with E-state index in [1.54, 1.807) is 7.11 Å². The van der Waals surface area contributed by atoms with Gasteiger partial charge in [0, 0.05) is 26.5 Å². The molecule has 21 heavy (non-hydrogen) atoms. The second-order valence-electron chi connectivity index (χ2n) is 6.11. The van der Waals surface area contributed by atoms with Crippen LogP contribution in [-0.4, -0.2) is 54.2 Å². The summed E-state index contributed by atoms with van der Waals surface area (Å²) < 4.78 is 5.20. The van der Waals surface area contributed by atoms with Gasteiger partial charge in [-0.05, 0) is 31.2 Å². The van der Waals surface area contributed by atoms with Crippen LogP contribution in [0.5, 0.6) is 0 Å². The molecule has 0 saturated carbocycles. The summed E-state index contributed by atoms with van der Waals surface area (Å²) in [5, 5.41) is 9.23. The molecule has 1 rings (SSSR count). The monoisotopic (exact) mass is 300 g/mol. The van der Waals surface area contributed by atoms with E-state index in [1.807, 2.05) is 0 Å². The van der Waals surface area contributed by atoms with Crippen LogP contribution in [-0.2, 0) is 14.3 Å². The summed E-state index contributed by atoms with van der Waals surface area (Å²) in [5.74, 6) is -0.167. The van der Waals surface area contributed by atoms with E-state index in [0.717, 1.165) is 12.8 Å². The number of methoxy groups -OCH3 is 1. The molecule has 3 unspecified atom stereocenters. The Bertz CT molecular complexity index is 360. The third kappa shape index (κ3) is 4.97. The summed E-state index contributed by atoms with van der Waals surface area (Å²) in [5.41, 5.74) is 5.60. The van der Waals surface area contributed by atoms with Crippen molar-refractivity contribution in [1.82, 2.24) is 4.90 Å². The molecule has 0 aliphatic carbocycles. The third-order valence-corrected chi connectivity index (χ3v) is 4.41. The number of nitrogens with two attached hydrogens (primary N) is 1. The van der Waals surface area contributed by atoms with Crippen molar-refractivity contribution < 1.29 is 19.4 Å². The average Bonchev–Trinajstić information content (AvgIpc) is 2.87. The fourth-order valence-electron chi connectivity index (χ4n) is 2.96. The summed E-state index contributed by atoms with van der Waals surface area (Å²) in [6, 6.07) is -0.755. The van der Waals surface area contributed by atoms with Crippen LogP contribution in [0.2, 0.25) is 0 Å². The van der Waals surface area contributed by atoms with Gasteiger partial charge in [0.15, 0.2) is 0 Å². The van der Waals surface area contributed by atoms with Gasteiger partial charge in [-0.3, -0.25) is 4.79 Å². The van der Waals surface area contributed by atoms with Crippen LogP contribution in [0.4, 0.5) is 0 Å². The number of amides is 1. The van der Waals surface area contributed by atoms with E-state index >= 15 is 0 Å². The van der Waals surface area contributed by atoms with E-state index in [1.165, 1.54) is 4.90 Å². The molecule has 6 heteroatoms. The summed E-state index contributed by atoms with van der Waals surface area (Å²) >= 11 is 0. The Labute approximate surface area is 126 Å². The second-order valence-corrected chi connectivity index (χ2v) is 6.11. The lowest BCUT2D eigenvalue weighted by molar-refractivity contribution is -0.148. The van der Waals surface area contributed by atoms with E-state index in [0.29, 0.717) is 37.8 Å². The molecule has 1 fully saturated rings. The van der Waals surface area contributed by atoms with Crippen LogP contribution in [0, 0.1) is 11.8 Å². The van der Waals surface area contributed by atoms with Crippen LogP contribution in [0.15, 0.2) is 0 Å². The smallest absolute Gasteiger partial charge is 0.326 e. The maximum absolute atomic E-state index is 12.3. The maximum Gasteiger partial charge on any atom is 0.326 e. The summed E-state index contributed by atoms with van der Waals surface area (Å²) in [4.78, 5) is 25.0. The number of carbonyl (C=O) groups is 2. The molecule has 0 radical (unpaired) electrons. The molecule has 0 aromatic carbocycles. The number of hydrogen-bond acceptors (Lipinski definition) is 4. The molecule has 1 aliphatic rings. The molecule has 3 N–H and O–H groups in total. The third-order valence-electron chi connectivity index (χ3n) is 4.41. The minimum atomic E-state index is -0.953. The van der Waals surface area contributed by atoms with E-state index < -0.39 is 12.0 Å². The Hall–Kier alpha value is -1.14. The van der Waals surface area contributed by atoms with Gasteiger partial charge in [0.1, 0.15) is 6.04 Å². The number of carboxylic acids is 1. The molecule has 0 bridgehead atoms. The number of carbonyl (C=O) groups excluding carboxylic acids is 1. The van der Waals surface area contributed by atoms with Crippen molar-refractivity contribution >= 4 is 11.9 Å². The first-order valence-electron chi connectivity index (χ1n) is 7.65. The molecule has 122 valence electrons.